The van der Waals surface area contributed by atoms with Crippen LogP contribution in [0.4, 0.5) is 5.69 Å². The summed E-state index contributed by atoms with van der Waals surface area (Å²) in [7, 11) is 1.73. The molecule has 1 aromatic heterocycles. The molecular formula is C27H25N2O3+. The smallest absolute Gasteiger partial charge is 0.231 e. The minimum absolute atomic E-state index is 0.299. The lowest BCUT2D eigenvalue weighted by Crippen LogP contribution is -2.40. The highest BCUT2D eigenvalue weighted by Gasteiger charge is 2.28. The van der Waals surface area contributed by atoms with Gasteiger partial charge in [0.1, 0.15) is 5.75 Å². The van der Waals surface area contributed by atoms with Crippen LogP contribution < -0.4 is 24.1 Å². The lowest BCUT2D eigenvalue weighted by atomic mass is 9.95. The van der Waals surface area contributed by atoms with Gasteiger partial charge < -0.3 is 19.5 Å². The molecule has 32 heavy (non-hydrogen) atoms. The fraction of sp³-hybridized carbons (Fsp3) is 0.222. The first-order valence-corrected chi connectivity index (χ1v) is 11.0. The van der Waals surface area contributed by atoms with E-state index in [1.807, 2.05) is 6.07 Å². The molecule has 0 saturated heterocycles. The molecule has 0 fully saturated rings. The third-order valence-electron chi connectivity index (χ3n) is 6.40. The zero-order valence-corrected chi connectivity index (χ0v) is 18.1. The molecule has 5 nitrogen and oxygen atoms in total. The van der Waals surface area contributed by atoms with E-state index in [1.165, 1.54) is 33.2 Å². The fourth-order valence-corrected chi connectivity index (χ4v) is 4.75. The van der Waals surface area contributed by atoms with E-state index in [0.29, 0.717) is 6.79 Å². The third kappa shape index (κ3) is 3.21. The molecule has 0 atom stereocenters. The first-order chi connectivity index (χ1) is 15.8. The van der Waals surface area contributed by atoms with Crippen LogP contribution in [0.3, 0.4) is 0 Å². The van der Waals surface area contributed by atoms with Crippen LogP contribution in [0.25, 0.3) is 22.0 Å². The molecule has 160 valence electrons. The summed E-state index contributed by atoms with van der Waals surface area (Å²) < 4.78 is 19.3. The quantitative estimate of drug-likeness (QED) is 0.469. The van der Waals surface area contributed by atoms with Gasteiger partial charge in [-0.15, -0.1) is 0 Å². The van der Waals surface area contributed by atoms with E-state index < -0.39 is 0 Å². The van der Waals surface area contributed by atoms with Crippen LogP contribution in [0.5, 0.6) is 17.2 Å². The van der Waals surface area contributed by atoms with Crippen molar-refractivity contribution < 1.29 is 18.8 Å². The Morgan fingerprint density at radius 1 is 1.00 bits per heavy atom. The minimum atomic E-state index is 0.299. The van der Waals surface area contributed by atoms with Gasteiger partial charge in [0.2, 0.25) is 12.5 Å². The highest BCUT2D eigenvalue weighted by molar-refractivity contribution is 5.97. The first-order valence-electron chi connectivity index (χ1n) is 11.0. The van der Waals surface area contributed by atoms with Gasteiger partial charge in [-0.3, -0.25) is 0 Å². The van der Waals surface area contributed by atoms with E-state index in [-0.39, 0.29) is 0 Å². The molecule has 0 saturated carbocycles. The zero-order valence-electron chi connectivity index (χ0n) is 18.1. The molecule has 3 aromatic carbocycles. The molecule has 1 N–H and O–H groups in total. The summed E-state index contributed by atoms with van der Waals surface area (Å²) in [5.41, 5.74) is 6.10. The maximum Gasteiger partial charge on any atom is 0.231 e. The lowest BCUT2D eigenvalue weighted by molar-refractivity contribution is -0.686. The van der Waals surface area contributed by atoms with Crippen LogP contribution >= 0.6 is 0 Å². The van der Waals surface area contributed by atoms with Crippen LogP contribution in [0.1, 0.15) is 11.1 Å². The van der Waals surface area contributed by atoms with Gasteiger partial charge in [0.15, 0.2) is 24.2 Å². The number of hydrogen-bond donors (Lipinski definition) is 1. The molecular weight excluding hydrogens is 400 g/mol. The standard InChI is InChI=1S/C27H24N2O3/c1-30-24-8-7-19-13-23-21-15-26-25(31-17-32-26)14-20(21)10-12-29(23)16-22(19)27(24)28-11-9-18-5-3-2-4-6-18/h2-8,13-16H,9-12,17H2,1H3/p+1. The molecule has 0 bridgehead atoms. The van der Waals surface area contributed by atoms with Crippen LogP contribution in [-0.2, 0) is 19.4 Å². The molecule has 4 aromatic rings. The summed E-state index contributed by atoms with van der Waals surface area (Å²) >= 11 is 0. The Hall–Kier alpha value is -3.73. The number of aryl methyl sites for hydroxylation is 2. The first kappa shape index (κ1) is 19.0. The van der Waals surface area contributed by atoms with E-state index in [4.69, 9.17) is 14.2 Å². The Balaban J connectivity index is 1.39. The van der Waals surface area contributed by atoms with Gasteiger partial charge in [0.25, 0.3) is 0 Å². The van der Waals surface area contributed by atoms with Gasteiger partial charge in [-0.1, -0.05) is 36.4 Å². The summed E-state index contributed by atoms with van der Waals surface area (Å²) in [6.45, 7) is 2.07. The van der Waals surface area contributed by atoms with Crippen molar-refractivity contribution in [2.45, 2.75) is 19.4 Å². The Morgan fingerprint density at radius 2 is 1.84 bits per heavy atom. The average Bonchev–Trinajstić information content (AvgIpc) is 3.30. The Kier molecular flexibility index (Phi) is 4.60. The number of aromatic nitrogens is 1. The van der Waals surface area contributed by atoms with E-state index in [9.17, 15) is 0 Å². The van der Waals surface area contributed by atoms with Crippen molar-refractivity contribution in [1.82, 2.24) is 0 Å². The maximum atomic E-state index is 5.70. The summed E-state index contributed by atoms with van der Waals surface area (Å²) in [4.78, 5) is 0. The van der Waals surface area contributed by atoms with Gasteiger partial charge >= 0.3 is 0 Å². The molecule has 0 aliphatic carbocycles. The zero-order chi connectivity index (χ0) is 21.5. The van der Waals surface area contributed by atoms with Crippen LogP contribution in [0.15, 0.2) is 66.9 Å². The molecule has 0 amide bonds. The Labute approximate surface area is 187 Å². The maximum absolute atomic E-state index is 5.70. The van der Waals surface area contributed by atoms with Crippen molar-refractivity contribution >= 4 is 16.5 Å². The van der Waals surface area contributed by atoms with E-state index in [0.717, 1.165) is 48.9 Å². The average molecular weight is 426 g/mol. The Morgan fingerprint density at radius 3 is 2.69 bits per heavy atom. The van der Waals surface area contributed by atoms with Crippen LogP contribution in [0.2, 0.25) is 0 Å². The summed E-state index contributed by atoms with van der Waals surface area (Å²) in [6.07, 6.45) is 4.18. The van der Waals surface area contributed by atoms with Crippen LogP contribution in [-0.4, -0.2) is 20.4 Å². The topological polar surface area (TPSA) is 43.6 Å². The summed E-state index contributed by atoms with van der Waals surface area (Å²) in [5.74, 6) is 2.55. The van der Waals surface area contributed by atoms with E-state index >= 15 is 0 Å². The van der Waals surface area contributed by atoms with Gasteiger partial charge in [0.05, 0.1) is 23.7 Å². The number of rotatable bonds is 5. The number of ether oxygens (including phenoxy) is 3. The molecule has 0 unspecified atom stereocenters. The Bertz CT molecular complexity index is 1320. The monoisotopic (exact) mass is 425 g/mol. The van der Waals surface area contributed by atoms with Gasteiger partial charge in [0, 0.05) is 19.0 Å². The molecule has 6 rings (SSSR count). The number of hydrogen-bond acceptors (Lipinski definition) is 4. The fourth-order valence-electron chi connectivity index (χ4n) is 4.75. The van der Waals surface area contributed by atoms with Crippen molar-refractivity contribution in [2.75, 3.05) is 25.8 Å². The summed E-state index contributed by atoms with van der Waals surface area (Å²) in [6, 6.07) is 21.3. The second kappa shape index (κ2) is 7.75. The van der Waals surface area contributed by atoms with Gasteiger partial charge in [-0.05, 0) is 41.1 Å². The van der Waals surface area contributed by atoms with Crippen molar-refractivity contribution in [3.63, 3.8) is 0 Å². The molecule has 5 heteroatoms. The minimum Gasteiger partial charge on any atom is -0.495 e. The number of fused-ring (bicyclic) bond motifs is 5. The van der Waals surface area contributed by atoms with Gasteiger partial charge in [-0.2, -0.15) is 4.57 Å². The SMILES string of the molecule is COc1ccc2cc3[n+](cc2c1NCCc1ccccc1)CCc1cc2c(cc1-3)OCO2. The van der Waals surface area contributed by atoms with Crippen molar-refractivity contribution in [1.29, 1.82) is 0 Å². The van der Waals surface area contributed by atoms with E-state index in [2.05, 4.69) is 70.7 Å². The summed E-state index contributed by atoms with van der Waals surface area (Å²) in [5, 5.41) is 6.00. The highest BCUT2D eigenvalue weighted by atomic mass is 16.7. The van der Waals surface area contributed by atoms with Crippen molar-refractivity contribution in [3.8, 4) is 28.5 Å². The number of nitrogens with one attached hydrogen (secondary N) is 1. The predicted molar refractivity (Wildman–Crippen MR) is 125 cm³/mol. The number of anilines is 1. The predicted octanol–water partition coefficient (Wildman–Crippen LogP) is 4.74. The second-order valence-corrected chi connectivity index (χ2v) is 8.27. The molecule has 2 aliphatic rings. The molecule has 3 heterocycles. The second-order valence-electron chi connectivity index (χ2n) is 8.27. The lowest BCUT2D eigenvalue weighted by Gasteiger charge is -2.18. The van der Waals surface area contributed by atoms with Gasteiger partial charge in [-0.25, -0.2) is 0 Å². The number of pyridine rings is 1. The van der Waals surface area contributed by atoms with Crippen molar-refractivity contribution in [3.05, 3.63) is 78.0 Å². The third-order valence-corrected chi connectivity index (χ3v) is 6.40. The number of methoxy groups -OCH3 is 1. The molecule has 0 radical (unpaired) electrons. The molecule has 2 aliphatic heterocycles. The van der Waals surface area contributed by atoms with Crippen LogP contribution in [0, 0.1) is 0 Å². The molecule has 0 spiro atoms. The number of benzene rings is 3. The largest absolute Gasteiger partial charge is 0.495 e. The van der Waals surface area contributed by atoms with E-state index in [1.54, 1.807) is 7.11 Å². The van der Waals surface area contributed by atoms with Crippen molar-refractivity contribution in [2.24, 2.45) is 0 Å². The number of nitrogens with zero attached hydrogens (tertiary/aromatic N) is 1. The normalized spacial score (nSPS) is 13.5. The highest BCUT2D eigenvalue weighted by Crippen LogP contribution is 2.41.